The number of rotatable bonds is 14. The SMILES string of the molecule is CCCCc1ccc(-c2ccc(C(=O)N[C@@H](CCCCNC(=O)OC(C)(C)C)C(=O)N[C@H]3CCCC(=O)NCCCC[C@@H](C(=O)O)NC(=O)[C@H](C)NC3=O)cc2)cc1. The Morgan fingerprint density at radius 1 is 0.862 bits per heavy atom. The Labute approximate surface area is 341 Å². The zero-order valence-electron chi connectivity index (χ0n) is 34.5. The van der Waals surface area contributed by atoms with Crippen molar-refractivity contribution < 1.29 is 43.4 Å². The standard InChI is InChI=1S/C43H62N6O9/c1-6-7-13-29-18-20-30(21-19-29)31-22-24-32(25-23-31)38(52)47-33(14-8-11-27-45-42(57)58-43(3,4)5)40(54)48-34-16-12-17-36(50)44-26-10-9-15-35(41(55)56)49-37(51)28(2)46-39(34)53/h18-25,28,33-35H,6-17,26-27H2,1-5H3,(H,44,50)(H,45,57)(H,46,53)(H,47,52)(H,48,54)(H,49,51)(H,55,56)/t28-,33-,34-,35-/m0/s1. The van der Waals surface area contributed by atoms with Gasteiger partial charge in [0.1, 0.15) is 29.8 Å². The van der Waals surface area contributed by atoms with Gasteiger partial charge >= 0.3 is 12.1 Å². The van der Waals surface area contributed by atoms with Gasteiger partial charge in [-0.1, -0.05) is 49.7 Å². The van der Waals surface area contributed by atoms with E-state index >= 15 is 0 Å². The number of carboxylic acid groups (broad SMARTS) is 1. The number of carboxylic acids is 1. The third-order valence-electron chi connectivity index (χ3n) is 9.60. The van der Waals surface area contributed by atoms with Gasteiger partial charge in [-0.15, -0.1) is 0 Å². The van der Waals surface area contributed by atoms with Crippen LogP contribution in [0.2, 0.25) is 0 Å². The summed E-state index contributed by atoms with van der Waals surface area (Å²) in [7, 11) is 0. The molecule has 3 rings (SSSR count). The second-order valence-electron chi connectivity index (χ2n) is 15.8. The highest BCUT2D eigenvalue weighted by atomic mass is 16.6. The number of unbranched alkanes of at least 4 members (excludes halogenated alkanes) is 2. The number of aliphatic carboxylic acids is 1. The average Bonchev–Trinajstić information content (AvgIpc) is 3.17. The summed E-state index contributed by atoms with van der Waals surface area (Å²) in [5.41, 5.74) is 2.84. The normalized spacial score (nSPS) is 19.1. The van der Waals surface area contributed by atoms with Crippen molar-refractivity contribution in [1.29, 1.82) is 0 Å². The molecule has 0 aliphatic carbocycles. The molecule has 1 fully saturated rings. The van der Waals surface area contributed by atoms with Crippen LogP contribution >= 0.6 is 0 Å². The molecule has 58 heavy (non-hydrogen) atoms. The lowest BCUT2D eigenvalue weighted by Crippen LogP contribution is -2.57. The predicted molar refractivity (Wildman–Crippen MR) is 220 cm³/mol. The minimum atomic E-state index is -1.22. The Morgan fingerprint density at radius 2 is 1.53 bits per heavy atom. The van der Waals surface area contributed by atoms with Crippen molar-refractivity contribution in [1.82, 2.24) is 31.9 Å². The van der Waals surface area contributed by atoms with Crippen molar-refractivity contribution in [3.05, 3.63) is 59.7 Å². The molecule has 0 spiro atoms. The first-order chi connectivity index (χ1) is 27.6. The third kappa shape index (κ3) is 16.9. The van der Waals surface area contributed by atoms with Gasteiger partial charge < -0.3 is 41.7 Å². The fraction of sp³-hybridized carbons (Fsp3) is 0.558. The number of alkyl carbamates (subject to hydrolysis) is 1. The molecule has 1 heterocycles. The van der Waals surface area contributed by atoms with Crippen molar-refractivity contribution in [3.63, 3.8) is 0 Å². The average molecular weight is 807 g/mol. The number of aryl methyl sites for hydroxylation is 1. The lowest BCUT2D eigenvalue weighted by molar-refractivity contribution is -0.142. The van der Waals surface area contributed by atoms with Crippen molar-refractivity contribution in [3.8, 4) is 11.1 Å². The van der Waals surface area contributed by atoms with E-state index in [1.807, 2.05) is 12.1 Å². The van der Waals surface area contributed by atoms with Gasteiger partial charge in [0, 0.05) is 25.1 Å². The summed E-state index contributed by atoms with van der Waals surface area (Å²) >= 11 is 0. The number of amides is 6. The molecular weight excluding hydrogens is 745 g/mol. The second-order valence-corrected chi connectivity index (χ2v) is 15.8. The summed E-state index contributed by atoms with van der Waals surface area (Å²) in [6.07, 6.45) is 5.11. The summed E-state index contributed by atoms with van der Waals surface area (Å²) < 4.78 is 5.28. The molecule has 318 valence electrons. The lowest BCUT2D eigenvalue weighted by atomic mass is 10.0. The van der Waals surface area contributed by atoms with Crippen molar-refractivity contribution in [2.45, 2.75) is 141 Å². The van der Waals surface area contributed by atoms with E-state index in [1.54, 1.807) is 32.9 Å². The van der Waals surface area contributed by atoms with E-state index in [2.05, 4.69) is 63.1 Å². The fourth-order valence-electron chi connectivity index (χ4n) is 6.28. The molecule has 0 saturated carbocycles. The summed E-state index contributed by atoms with van der Waals surface area (Å²) in [4.78, 5) is 90.5. The van der Waals surface area contributed by atoms with E-state index in [9.17, 15) is 38.7 Å². The van der Waals surface area contributed by atoms with E-state index in [4.69, 9.17) is 4.74 Å². The fourth-order valence-corrected chi connectivity index (χ4v) is 6.28. The molecule has 1 aliphatic heterocycles. The highest BCUT2D eigenvalue weighted by Crippen LogP contribution is 2.21. The lowest BCUT2D eigenvalue weighted by Gasteiger charge is -2.25. The largest absolute Gasteiger partial charge is 0.480 e. The molecule has 2 aromatic carbocycles. The van der Waals surface area contributed by atoms with Gasteiger partial charge in [0.15, 0.2) is 0 Å². The Morgan fingerprint density at radius 3 is 2.17 bits per heavy atom. The van der Waals surface area contributed by atoms with E-state index in [1.165, 1.54) is 12.5 Å². The molecule has 4 atom stereocenters. The third-order valence-corrected chi connectivity index (χ3v) is 9.60. The molecule has 0 aromatic heterocycles. The van der Waals surface area contributed by atoms with Crippen LogP contribution in [0.3, 0.4) is 0 Å². The van der Waals surface area contributed by atoms with Gasteiger partial charge in [0.25, 0.3) is 5.91 Å². The smallest absolute Gasteiger partial charge is 0.407 e. The first kappa shape index (κ1) is 46.9. The number of ether oxygens (including phenoxy) is 1. The van der Waals surface area contributed by atoms with Crippen molar-refractivity contribution in [2.75, 3.05) is 13.1 Å². The van der Waals surface area contributed by atoms with Gasteiger partial charge in [0.2, 0.25) is 23.6 Å². The summed E-state index contributed by atoms with van der Waals surface area (Å²) in [6.45, 7) is 9.40. The summed E-state index contributed by atoms with van der Waals surface area (Å²) in [5.74, 6) is -4.06. The topological polar surface area (TPSA) is 221 Å². The van der Waals surface area contributed by atoms with Crippen LogP contribution in [-0.2, 0) is 35.1 Å². The Bertz CT molecular complexity index is 1690. The molecule has 1 aliphatic rings. The first-order valence-corrected chi connectivity index (χ1v) is 20.4. The van der Waals surface area contributed by atoms with E-state index in [0.717, 1.165) is 30.4 Å². The zero-order valence-corrected chi connectivity index (χ0v) is 34.5. The predicted octanol–water partition coefficient (Wildman–Crippen LogP) is 4.52. The molecule has 6 amide bonds. The number of hydrogen-bond donors (Lipinski definition) is 7. The van der Waals surface area contributed by atoms with E-state index in [-0.39, 0.29) is 44.6 Å². The monoisotopic (exact) mass is 806 g/mol. The van der Waals surface area contributed by atoms with Crippen LogP contribution in [0, 0.1) is 0 Å². The zero-order chi connectivity index (χ0) is 42.7. The maximum absolute atomic E-state index is 14.0. The van der Waals surface area contributed by atoms with Gasteiger partial charge in [-0.25, -0.2) is 9.59 Å². The van der Waals surface area contributed by atoms with Crippen LogP contribution in [0.15, 0.2) is 48.5 Å². The summed E-state index contributed by atoms with van der Waals surface area (Å²) in [6, 6.07) is 10.7. The molecular formula is C43H62N6O9. The molecule has 0 radical (unpaired) electrons. The molecule has 1 saturated heterocycles. The van der Waals surface area contributed by atoms with Gasteiger partial charge in [-0.2, -0.15) is 0 Å². The Hall–Kier alpha value is -5.47. The molecule has 15 heteroatoms. The molecule has 0 bridgehead atoms. The molecule has 7 N–H and O–H groups in total. The molecule has 0 unspecified atom stereocenters. The molecule has 15 nitrogen and oxygen atoms in total. The van der Waals surface area contributed by atoms with Crippen LogP contribution in [-0.4, -0.2) is 89.6 Å². The van der Waals surface area contributed by atoms with Gasteiger partial charge in [0.05, 0.1) is 0 Å². The second kappa shape index (κ2) is 23.7. The Kier molecular flexibility index (Phi) is 19.2. The van der Waals surface area contributed by atoms with Crippen LogP contribution < -0.4 is 31.9 Å². The highest BCUT2D eigenvalue weighted by molar-refractivity contribution is 5.99. The maximum atomic E-state index is 14.0. The van der Waals surface area contributed by atoms with E-state index in [0.29, 0.717) is 37.8 Å². The van der Waals surface area contributed by atoms with Crippen LogP contribution in [0.4, 0.5) is 4.79 Å². The number of benzene rings is 2. The minimum absolute atomic E-state index is 0.0403. The maximum Gasteiger partial charge on any atom is 0.407 e. The van der Waals surface area contributed by atoms with Crippen LogP contribution in [0.5, 0.6) is 0 Å². The van der Waals surface area contributed by atoms with E-state index < -0.39 is 65.5 Å². The number of nitrogens with one attached hydrogen (secondary N) is 6. The number of hydrogen-bond acceptors (Lipinski definition) is 8. The number of carbonyl (C=O) groups is 7. The minimum Gasteiger partial charge on any atom is -0.480 e. The van der Waals surface area contributed by atoms with Crippen LogP contribution in [0.1, 0.15) is 121 Å². The van der Waals surface area contributed by atoms with Crippen molar-refractivity contribution in [2.24, 2.45) is 0 Å². The van der Waals surface area contributed by atoms with Crippen LogP contribution in [0.25, 0.3) is 11.1 Å². The van der Waals surface area contributed by atoms with Gasteiger partial charge in [-0.3, -0.25) is 24.0 Å². The quantitative estimate of drug-likeness (QED) is 0.133. The highest BCUT2D eigenvalue weighted by Gasteiger charge is 2.30. The molecule has 2 aromatic rings. The van der Waals surface area contributed by atoms with Crippen molar-refractivity contribution >= 4 is 41.6 Å². The Balaban J connectivity index is 1.77. The van der Waals surface area contributed by atoms with Gasteiger partial charge in [-0.05, 0) is 121 Å². The number of carbonyl (C=O) groups excluding carboxylic acids is 6. The first-order valence-electron chi connectivity index (χ1n) is 20.4. The summed E-state index contributed by atoms with van der Waals surface area (Å²) in [5, 5.41) is 25.6.